The van der Waals surface area contributed by atoms with Gasteiger partial charge < -0.3 is 14.6 Å². The van der Waals surface area contributed by atoms with Crippen LogP contribution in [0.2, 0.25) is 0 Å². The minimum atomic E-state index is -0.764. The molecule has 0 aliphatic heterocycles. The van der Waals surface area contributed by atoms with Crippen LogP contribution >= 0.6 is 0 Å². The molecule has 67 heavy (non-hydrogen) atoms. The molecule has 0 bridgehead atoms. The number of aliphatic hydroxyl groups is 1. The number of carbonyl (C=O) groups is 2. The maximum Gasteiger partial charge on any atom is 0.306 e. The Morgan fingerprint density at radius 1 is 0.284 bits per heavy atom. The summed E-state index contributed by atoms with van der Waals surface area (Å²) in [5.74, 6) is -0.561. The van der Waals surface area contributed by atoms with E-state index in [0.717, 1.165) is 32.1 Å². The average molecular weight is 948 g/mol. The number of carbonyl (C=O) groups excluding carboxylic acids is 2. The molecule has 0 amide bonds. The van der Waals surface area contributed by atoms with E-state index in [4.69, 9.17) is 9.47 Å². The molecule has 0 aliphatic rings. The number of esters is 2. The Morgan fingerprint density at radius 2 is 0.463 bits per heavy atom. The summed E-state index contributed by atoms with van der Waals surface area (Å²) < 4.78 is 10.7. The molecule has 0 aromatic heterocycles. The van der Waals surface area contributed by atoms with Gasteiger partial charge in [0.25, 0.3) is 0 Å². The van der Waals surface area contributed by atoms with Crippen LogP contribution < -0.4 is 0 Å². The van der Waals surface area contributed by atoms with Crippen molar-refractivity contribution in [3.8, 4) is 0 Å². The summed E-state index contributed by atoms with van der Waals surface area (Å²) in [4.78, 5) is 24.5. The Hall–Kier alpha value is -1.10. The number of rotatable bonds is 59. The fourth-order valence-corrected chi connectivity index (χ4v) is 9.97. The fraction of sp³-hybridized carbons (Fsp3) is 0.968. The molecule has 400 valence electrons. The Bertz CT molecular complexity index is 937. The van der Waals surface area contributed by atoms with E-state index >= 15 is 0 Å². The Balaban J connectivity index is 3.36. The predicted molar refractivity (Wildman–Crippen MR) is 293 cm³/mol. The summed E-state index contributed by atoms with van der Waals surface area (Å²) in [6.45, 7) is 4.22. The van der Waals surface area contributed by atoms with Gasteiger partial charge in [0.2, 0.25) is 0 Å². The first kappa shape index (κ1) is 65.9. The van der Waals surface area contributed by atoms with Gasteiger partial charge in [-0.1, -0.05) is 341 Å². The third-order valence-corrected chi connectivity index (χ3v) is 14.7. The summed E-state index contributed by atoms with van der Waals surface area (Å²) in [5.41, 5.74) is 0. The molecule has 0 saturated heterocycles. The quantitative estimate of drug-likeness (QED) is 0.0486. The lowest BCUT2D eigenvalue weighted by Gasteiger charge is -2.15. The first-order valence-corrected chi connectivity index (χ1v) is 31.1. The Kier molecular flexibility index (Phi) is 58.2. The second-order valence-electron chi connectivity index (χ2n) is 21.5. The van der Waals surface area contributed by atoms with Crippen molar-refractivity contribution in [2.45, 2.75) is 373 Å². The molecule has 0 fully saturated rings. The number of unbranched alkanes of at least 4 members (excludes halogenated alkanes) is 51. The fourth-order valence-electron chi connectivity index (χ4n) is 9.97. The van der Waals surface area contributed by atoms with Crippen molar-refractivity contribution in [2.24, 2.45) is 0 Å². The molecule has 0 heterocycles. The number of ether oxygens (including phenoxy) is 2. The van der Waals surface area contributed by atoms with Crippen LogP contribution in [0.1, 0.15) is 367 Å². The molecule has 0 aromatic carbocycles. The molecular weight excluding hydrogens is 825 g/mol. The molecular formula is C62H122O5. The van der Waals surface area contributed by atoms with Gasteiger partial charge in [0.05, 0.1) is 6.61 Å². The third-order valence-electron chi connectivity index (χ3n) is 14.7. The Labute approximate surface area is 420 Å². The van der Waals surface area contributed by atoms with Crippen LogP contribution in [-0.4, -0.2) is 36.4 Å². The number of hydrogen-bond donors (Lipinski definition) is 1. The summed E-state index contributed by atoms with van der Waals surface area (Å²) >= 11 is 0. The lowest BCUT2D eigenvalue weighted by atomic mass is 10.0. The highest BCUT2D eigenvalue weighted by molar-refractivity contribution is 5.70. The van der Waals surface area contributed by atoms with E-state index in [1.54, 1.807) is 0 Å². The van der Waals surface area contributed by atoms with Gasteiger partial charge >= 0.3 is 11.9 Å². The van der Waals surface area contributed by atoms with Crippen LogP contribution in [0, 0.1) is 0 Å². The first-order chi connectivity index (χ1) is 33.1. The molecule has 0 aromatic rings. The highest BCUT2D eigenvalue weighted by Gasteiger charge is 2.16. The third kappa shape index (κ3) is 57.4. The van der Waals surface area contributed by atoms with Crippen molar-refractivity contribution in [2.75, 3.05) is 13.2 Å². The molecule has 1 N–H and O–H groups in total. The molecule has 1 atom stereocenters. The van der Waals surface area contributed by atoms with E-state index in [1.807, 2.05) is 0 Å². The van der Waals surface area contributed by atoms with Crippen LogP contribution in [0.25, 0.3) is 0 Å². The molecule has 0 radical (unpaired) electrons. The van der Waals surface area contributed by atoms with E-state index in [1.165, 1.54) is 308 Å². The maximum absolute atomic E-state index is 12.3. The van der Waals surface area contributed by atoms with Gasteiger partial charge in [0.15, 0.2) is 6.10 Å². The molecule has 0 spiro atoms. The summed E-state index contributed by atoms with van der Waals surface area (Å²) in [7, 11) is 0. The summed E-state index contributed by atoms with van der Waals surface area (Å²) in [6.07, 6.45) is 72.6. The minimum absolute atomic E-state index is 0.0556. The lowest BCUT2D eigenvalue weighted by Crippen LogP contribution is -2.28. The van der Waals surface area contributed by atoms with Gasteiger partial charge in [0, 0.05) is 12.8 Å². The van der Waals surface area contributed by atoms with Crippen LogP contribution in [0.3, 0.4) is 0 Å². The zero-order valence-corrected chi connectivity index (χ0v) is 46.0. The SMILES string of the molecule is CCCCCCCCCCCCCCCCCCCCCCCCCCCCCCCCCCC(=O)OC(CO)COC(=O)CCCCCCCCCCCCCCCCCCCCCCC. The van der Waals surface area contributed by atoms with E-state index in [9.17, 15) is 14.7 Å². The van der Waals surface area contributed by atoms with E-state index in [2.05, 4.69) is 13.8 Å². The largest absolute Gasteiger partial charge is 0.462 e. The zero-order chi connectivity index (χ0) is 48.5. The number of hydrogen-bond acceptors (Lipinski definition) is 5. The van der Waals surface area contributed by atoms with E-state index in [0.29, 0.717) is 12.8 Å². The zero-order valence-electron chi connectivity index (χ0n) is 46.0. The van der Waals surface area contributed by atoms with Crippen molar-refractivity contribution in [1.29, 1.82) is 0 Å². The van der Waals surface area contributed by atoms with Crippen LogP contribution in [0.4, 0.5) is 0 Å². The average Bonchev–Trinajstić information content (AvgIpc) is 3.33. The van der Waals surface area contributed by atoms with E-state index < -0.39 is 6.10 Å². The molecule has 0 saturated carbocycles. The summed E-state index contributed by atoms with van der Waals surface area (Å²) in [6, 6.07) is 0. The van der Waals surface area contributed by atoms with Crippen molar-refractivity contribution in [1.82, 2.24) is 0 Å². The minimum Gasteiger partial charge on any atom is -0.462 e. The van der Waals surface area contributed by atoms with Crippen LogP contribution in [0.5, 0.6) is 0 Å². The van der Waals surface area contributed by atoms with E-state index in [-0.39, 0.29) is 25.2 Å². The van der Waals surface area contributed by atoms with Gasteiger partial charge in [0.1, 0.15) is 6.61 Å². The van der Waals surface area contributed by atoms with Crippen molar-refractivity contribution in [3.05, 3.63) is 0 Å². The number of aliphatic hydroxyl groups excluding tert-OH is 1. The topological polar surface area (TPSA) is 72.8 Å². The van der Waals surface area contributed by atoms with Crippen LogP contribution in [0.15, 0.2) is 0 Å². The van der Waals surface area contributed by atoms with Gasteiger partial charge in [-0.3, -0.25) is 9.59 Å². The molecule has 0 aliphatic carbocycles. The molecule has 5 heteroatoms. The maximum atomic E-state index is 12.3. The highest BCUT2D eigenvalue weighted by Crippen LogP contribution is 2.19. The summed E-state index contributed by atoms with van der Waals surface area (Å²) in [5, 5.41) is 9.67. The standard InChI is InChI=1S/C62H122O5/c1-3-5-7-9-11-13-15-17-19-21-23-25-26-27-28-29-30-31-32-33-34-35-37-39-41-43-45-47-49-51-53-55-57-62(65)67-60(58-63)59-66-61(64)56-54-52-50-48-46-44-42-40-38-36-24-22-20-18-16-14-12-10-8-6-4-2/h60,63H,3-59H2,1-2H3. The van der Waals surface area contributed by atoms with Gasteiger partial charge in [-0.2, -0.15) is 0 Å². The second-order valence-corrected chi connectivity index (χ2v) is 21.5. The normalized spacial score (nSPS) is 12.0. The molecule has 5 nitrogen and oxygen atoms in total. The lowest BCUT2D eigenvalue weighted by molar-refractivity contribution is -0.161. The predicted octanol–water partition coefficient (Wildman–Crippen LogP) is 20.9. The van der Waals surface area contributed by atoms with Crippen molar-refractivity contribution in [3.63, 3.8) is 0 Å². The molecule has 0 rings (SSSR count). The highest BCUT2D eigenvalue weighted by atomic mass is 16.6. The Morgan fingerprint density at radius 3 is 0.657 bits per heavy atom. The van der Waals surface area contributed by atoms with Gasteiger partial charge in [-0.15, -0.1) is 0 Å². The van der Waals surface area contributed by atoms with Crippen LogP contribution in [-0.2, 0) is 19.1 Å². The second kappa shape index (κ2) is 59.2. The van der Waals surface area contributed by atoms with Crippen molar-refractivity contribution < 1.29 is 24.2 Å². The van der Waals surface area contributed by atoms with Gasteiger partial charge in [-0.25, -0.2) is 0 Å². The monoisotopic (exact) mass is 947 g/mol. The van der Waals surface area contributed by atoms with Gasteiger partial charge in [-0.05, 0) is 12.8 Å². The smallest absolute Gasteiger partial charge is 0.306 e. The first-order valence-electron chi connectivity index (χ1n) is 31.1. The molecule has 1 unspecified atom stereocenters. The van der Waals surface area contributed by atoms with Crippen molar-refractivity contribution >= 4 is 11.9 Å².